The maximum Gasteiger partial charge on any atom is 0.417 e. The summed E-state index contributed by atoms with van der Waals surface area (Å²) < 4.78 is 217. The van der Waals surface area contributed by atoms with Crippen molar-refractivity contribution in [3.8, 4) is 50.8 Å². The second kappa shape index (κ2) is 16.4. The van der Waals surface area contributed by atoms with Crippen molar-refractivity contribution in [2.45, 2.75) is 30.9 Å². The first-order valence-electron chi connectivity index (χ1n) is 21.2. The van der Waals surface area contributed by atoms with Gasteiger partial charge in [0, 0.05) is 27.1 Å². The van der Waals surface area contributed by atoms with Crippen LogP contribution >= 0.6 is 0 Å². The Bertz CT molecular complexity index is 3810. The Morgan fingerprint density at radius 3 is 1.10 bits per heavy atom. The average Bonchev–Trinajstić information content (AvgIpc) is 3.84. The first kappa shape index (κ1) is 47.5. The summed E-state index contributed by atoms with van der Waals surface area (Å²) in [5.74, 6) is 0. The van der Waals surface area contributed by atoms with Gasteiger partial charge in [-0.05, 0) is 107 Å². The third-order valence-electron chi connectivity index (χ3n) is 12.4. The Hall–Kier alpha value is -8.20. The van der Waals surface area contributed by atoms with Crippen LogP contribution in [0.5, 0.6) is 0 Å². The smallest absolute Gasteiger partial charge is 0.307 e. The van der Waals surface area contributed by atoms with Gasteiger partial charge in [-0.2, -0.15) is 71.1 Å². The molecule has 0 spiro atoms. The van der Waals surface area contributed by atoms with Gasteiger partial charge < -0.3 is 9.13 Å². The first-order chi connectivity index (χ1) is 33.8. The van der Waals surface area contributed by atoms with Crippen LogP contribution in [0.15, 0.2) is 158 Å². The van der Waals surface area contributed by atoms with Crippen LogP contribution in [0.4, 0.5) is 65.9 Å². The Balaban J connectivity index is 1.35. The molecule has 3 nitrogen and oxygen atoms in total. The van der Waals surface area contributed by atoms with Crippen LogP contribution in [-0.2, 0) is 30.9 Å². The highest BCUT2D eigenvalue weighted by Crippen LogP contribution is 2.47. The summed E-state index contributed by atoms with van der Waals surface area (Å²) in [6, 6.07) is 32.2. The molecule has 0 radical (unpaired) electrons. The Morgan fingerprint density at radius 2 is 0.694 bits per heavy atom. The fourth-order valence-electron chi connectivity index (χ4n) is 9.28. The van der Waals surface area contributed by atoms with Gasteiger partial charge in [-0.3, -0.25) is 0 Å². The van der Waals surface area contributed by atoms with Crippen molar-refractivity contribution < 1.29 is 65.9 Å². The number of alkyl halides is 15. The minimum absolute atomic E-state index is 0.00893. The molecule has 8 aromatic carbocycles. The summed E-state index contributed by atoms with van der Waals surface area (Å²) in [5, 5.41) is 12.5. The number of fused-ring (bicyclic) bond motifs is 6. The van der Waals surface area contributed by atoms with E-state index in [1.54, 1.807) is 48.5 Å². The van der Waals surface area contributed by atoms with E-state index >= 15 is 0 Å². The quantitative estimate of drug-likeness (QED) is 0.158. The van der Waals surface area contributed by atoms with Crippen molar-refractivity contribution >= 4 is 43.6 Å². The standard InChI is InChI=1S/C54H26F15N3/c55-50(56,57)33-17-30(18-34(24-33)51(58,59)60)28-13-15-40-38-8-2-5-11-44(38)71(46(40)21-28)48-23-32(27-70)42(37-7-1-4-10-43(37)54(67,68)69)26-49(48)72-45-12-6-3-9-39(45)41-16-14-29(22-47(41)72)31-19-35(52(61,62)63)25-36(20-31)53(64,65)66/h1-26H. The molecule has 0 aliphatic rings. The van der Waals surface area contributed by atoms with Crippen LogP contribution in [0, 0.1) is 11.3 Å². The average molecular weight is 1000 g/mol. The van der Waals surface area contributed by atoms with E-state index in [1.807, 2.05) is 6.07 Å². The van der Waals surface area contributed by atoms with E-state index in [-0.39, 0.29) is 56.8 Å². The molecular formula is C54H26F15N3. The zero-order valence-electron chi connectivity index (χ0n) is 36.0. The van der Waals surface area contributed by atoms with Crippen molar-refractivity contribution in [1.82, 2.24) is 9.13 Å². The Morgan fingerprint density at radius 1 is 0.319 bits per heavy atom. The molecule has 362 valence electrons. The maximum absolute atomic E-state index is 14.8. The Kier molecular flexibility index (Phi) is 10.8. The second-order valence-electron chi connectivity index (χ2n) is 16.8. The third kappa shape index (κ3) is 8.21. The SMILES string of the molecule is N#Cc1cc(-n2c3ccccc3c3ccc(-c4cc(C(F)(F)F)cc(C(F)(F)F)c4)cc32)c(-n2c3ccccc3c3ccc(-c4cc(C(F)(F)F)cc(C(F)(F)F)c4)cc32)cc1-c1ccccc1C(F)(F)F. The lowest BCUT2D eigenvalue weighted by Gasteiger charge is -2.21. The van der Waals surface area contributed by atoms with Crippen LogP contribution in [-0.4, -0.2) is 9.13 Å². The van der Waals surface area contributed by atoms with E-state index in [2.05, 4.69) is 0 Å². The number of rotatable bonds is 5. The predicted molar refractivity (Wildman–Crippen MR) is 241 cm³/mol. The number of para-hydroxylation sites is 2. The fraction of sp³-hybridized carbons (Fsp3) is 0.0926. The second-order valence-corrected chi connectivity index (χ2v) is 16.8. The molecule has 0 aliphatic heterocycles. The van der Waals surface area contributed by atoms with Crippen molar-refractivity contribution in [2.24, 2.45) is 0 Å². The summed E-state index contributed by atoms with van der Waals surface area (Å²) >= 11 is 0. The molecule has 0 atom stereocenters. The highest BCUT2D eigenvalue weighted by molar-refractivity contribution is 6.13. The van der Waals surface area contributed by atoms with E-state index in [0.29, 0.717) is 56.8 Å². The molecule has 72 heavy (non-hydrogen) atoms. The summed E-state index contributed by atoms with van der Waals surface area (Å²) in [7, 11) is 0. The number of benzene rings is 8. The molecule has 10 aromatic rings. The molecule has 2 aromatic heterocycles. The monoisotopic (exact) mass is 1000 g/mol. The number of nitrogens with zero attached hydrogens (tertiary/aromatic N) is 3. The molecule has 10 rings (SSSR count). The molecule has 0 saturated carbocycles. The largest absolute Gasteiger partial charge is 0.417 e. The van der Waals surface area contributed by atoms with Gasteiger partial charge in [0.15, 0.2) is 0 Å². The van der Waals surface area contributed by atoms with Crippen molar-refractivity contribution in [1.29, 1.82) is 5.26 Å². The van der Waals surface area contributed by atoms with E-state index in [0.717, 1.165) is 18.2 Å². The fourth-order valence-corrected chi connectivity index (χ4v) is 9.28. The van der Waals surface area contributed by atoms with E-state index in [1.165, 1.54) is 63.7 Å². The first-order valence-corrected chi connectivity index (χ1v) is 21.2. The topological polar surface area (TPSA) is 33.6 Å². The van der Waals surface area contributed by atoms with Crippen molar-refractivity contribution in [3.05, 3.63) is 191 Å². The molecule has 0 aliphatic carbocycles. The summed E-state index contributed by atoms with van der Waals surface area (Å²) in [5.41, 5.74) is -8.89. The van der Waals surface area contributed by atoms with Gasteiger partial charge in [-0.25, -0.2) is 0 Å². The lowest BCUT2D eigenvalue weighted by Crippen LogP contribution is -2.11. The van der Waals surface area contributed by atoms with Crippen LogP contribution in [0.3, 0.4) is 0 Å². The van der Waals surface area contributed by atoms with Crippen molar-refractivity contribution in [3.63, 3.8) is 0 Å². The molecule has 18 heteroatoms. The molecule has 0 fully saturated rings. The third-order valence-corrected chi connectivity index (χ3v) is 12.4. The summed E-state index contributed by atoms with van der Waals surface area (Å²) in [6.07, 6.45) is -25.8. The van der Waals surface area contributed by atoms with Crippen LogP contribution in [0.1, 0.15) is 33.4 Å². The van der Waals surface area contributed by atoms with Crippen LogP contribution < -0.4 is 0 Å². The summed E-state index contributed by atoms with van der Waals surface area (Å²) in [4.78, 5) is 0. The highest BCUT2D eigenvalue weighted by atomic mass is 19.4. The van der Waals surface area contributed by atoms with E-state index in [4.69, 9.17) is 0 Å². The normalized spacial score (nSPS) is 12.9. The summed E-state index contributed by atoms with van der Waals surface area (Å²) in [6.45, 7) is 0. The van der Waals surface area contributed by atoms with Gasteiger partial charge in [0.2, 0.25) is 0 Å². The molecule has 0 saturated heterocycles. The van der Waals surface area contributed by atoms with E-state index in [9.17, 15) is 71.1 Å². The van der Waals surface area contributed by atoms with Crippen LogP contribution in [0.2, 0.25) is 0 Å². The van der Waals surface area contributed by atoms with Gasteiger partial charge in [0.1, 0.15) is 0 Å². The number of aromatic nitrogens is 2. The number of hydrogen-bond acceptors (Lipinski definition) is 1. The molecule has 0 amide bonds. The Labute approximate surface area is 395 Å². The highest BCUT2D eigenvalue weighted by Gasteiger charge is 2.39. The zero-order chi connectivity index (χ0) is 51.4. The van der Waals surface area contributed by atoms with Gasteiger partial charge in [0.05, 0.1) is 72.9 Å². The number of halogens is 15. The minimum Gasteiger partial charge on any atom is -0.307 e. The lowest BCUT2D eigenvalue weighted by atomic mass is 9.94. The minimum atomic E-state index is -5.21. The van der Waals surface area contributed by atoms with Crippen LogP contribution in [0.25, 0.3) is 88.4 Å². The molecular weight excluding hydrogens is 976 g/mol. The van der Waals surface area contributed by atoms with Gasteiger partial charge in [-0.1, -0.05) is 78.9 Å². The molecule has 0 unspecified atom stereocenters. The molecule has 0 N–H and O–H groups in total. The molecule has 2 heterocycles. The lowest BCUT2D eigenvalue weighted by molar-refractivity contribution is -0.144. The van der Waals surface area contributed by atoms with Gasteiger partial charge >= 0.3 is 30.9 Å². The number of hydrogen-bond donors (Lipinski definition) is 0. The maximum atomic E-state index is 14.8. The molecule has 0 bridgehead atoms. The zero-order valence-corrected chi connectivity index (χ0v) is 36.0. The van der Waals surface area contributed by atoms with E-state index < -0.39 is 75.4 Å². The number of nitriles is 1. The van der Waals surface area contributed by atoms with Gasteiger partial charge in [-0.15, -0.1) is 0 Å². The van der Waals surface area contributed by atoms with Gasteiger partial charge in [0.25, 0.3) is 0 Å². The van der Waals surface area contributed by atoms with Crippen molar-refractivity contribution in [2.75, 3.05) is 0 Å². The predicted octanol–water partition coefficient (Wildman–Crippen LogP) is 17.8.